The molecule has 0 spiro atoms. The molecule has 0 aromatic heterocycles. The fraction of sp³-hybridized carbons (Fsp3) is 0.267. The predicted octanol–water partition coefficient (Wildman–Crippen LogP) is 8.27. The van der Waals surface area contributed by atoms with Crippen molar-refractivity contribution in [1.29, 1.82) is 0 Å². The molecule has 0 unspecified atom stereocenters. The van der Waals surface area contributed by atoms with Gasteiger partial charge in [-0.05, 0) is 106 Å². The molecule has 2 aliphatic rings. The molecule has 30 heavy (non-hydrogen) atoms. The van der Waals surface area contributed by atoms with Crippen LogP contribution in [0.5, 0.6) is 0 Å². The first-order valence-corrected chi connectivity index (χ1v) is 11.0. The Morgan fingerprint density at radius 2 is 1.73 bits per heavy atom. The molecule has 0 amide bonds. The van der Waals surface area contributed by atoms with Gasteiger partial charge in [0, 0.05) is 0 Å². The monoisotopic (exact) mass is 392 g/mol. The standard InChI is InChI=1S/C30H32/c1-19(2)23(6)24-13-14-25-17-28(18-27(25)16-24)29-12-8-11-26(29)15-22(5)30-20(3)9-7-10-21(30)4/h7,9-14,16,18-19H,5-6,8,15,17H2,1-4H3. The molecule has 152 valence electrons. The summed E-state index contributed by atoms with van der Waals surface area (Å²) in [5.74, 6) is 0.468. The predicted molar refractivity (Wildman–Crippen MR) is 132 cm³/mol. The van der Waals surface area contributed by atoms with Gasteiger partial charge in [0.15, 0.2) is 0 Å². The second-order valence-corrected chi connectivity index (χ2v) is 9.07. The fourth-order valence-electron chi connectivity index (χ4n) is 4.80. The summed E-state index contributed by atoms with van der Waals surface area (Å²) in [6.07, 6.45) is 10.1. The van der Waals surface area contributed by atoms with Gasteiger partial charge in [0.2, 0.25) is 0 Å². The molecule has 0 heterocycles. The van der Waals surface area contributed by atoms with Crippen molar-refractivity contribution in [3.05, 3.63) is 112 Å². The molecule has 0 heteroatoms. The minimum atomic E-state index is 0.468. The SMILES string of the molecule is C=C(CC1=CCC=C1C1=Cc2cc(C(=C)C(C)C)ccc2C1)c1c(C)cccc1C. The number of allylic oxidation sites excluding steroid dienone is 7. The van der Waals surface area contributed by atoms with Gasteiger partial charge >= 0.3 is 0 Å². The third-order valence-corrected chi connectivity index (χ3v) is 6.54. The van der Waals surface area contributed by atoms with E-state index in [2.05, 4.69) is 95.5 Å². The van der Waals surface area contributed by atoms with Crippen LogP contribution in [0.1, 0.15) is 60.1 Å². The Labute approximate surface area is 182 Å². The summed E-state index contributed by atoms with van der Waals surface area (Å²) >= 11 is 0. The molecule has 0 N–H and O–H groups in total. The van der Waals surface area contributed by atoms with E-state index >= 15 is 0 Å². The lowest BCUT2D eigenvalue weighted by Crippen LogP contribution is -1.97. The van der Waals surface area contributed by atoms with E-state index in [1.165, 1.54) is 61.2 Å². The van der Waals surface area contributed by atoms with Crippen molar-refractivity contribution >= 4 is 17.2 Å². The van der Waals surface area contributed by atoms with Crippen LogP contribution in [-0.2, 0) is 6.42 Å². The summed E-state index contributed by atoms with van der Waals surface area (Å²) in [5.41, 5.74) is 14.7. The van der Waals surface area contributed by atoms with Crippen molar-refractivity contribution in [3.8, 4) is 0 Å². The zero-order valence-electron chi connectivity index (χ0n) is 18.8. The van der Waals surface area contributed by atoms with Crippen molar-refractivity contribution in [3.63, 3.8) is 0 Å². The molecule has 2 aromatic rings. The third-order valence-electron chi connectivity index (χ3n) is 6.54. The maximum atomic E-state index is 4.46. The molecule has 0 saturated heterocycles. The van der Waals surface area contributed by atoms with Crippen molar-refractivity contribution in [2.24, 2.45) is 5.92 Å². The van der Waals surface area contributed by atoms with Crippen LogP contribution in [0, 0.1) is 19.8 Å². The van der Waals surface area contributed by atoms with Crippen LogP contribution in [0.3, 0.4) is 0 Å². The largest absolute Gasteiger partial charge is 0.0950 e. The fourth-order valence-corrected chi connectivity index (χ4v) is 4.80. The summed E-state index contributed by atoms with van der Waals surface area (Å²) in [6, 6.07) is 13.3. The molecule has 0 atom stereocenters. The van der Waals surface area contributed by atoms with E-state index in [0.717, 1.165) is 19.3 Å². The van der Waals surface area contributed by atoms with Crippen LogP contribution in [0.2, 0.25) is 0 Å². The van der Waals surface area contributed by atoms with Gasteiger partial charge in [-0.2, -0.15) is 0 Å². The van der Waals surface area contributed by atoms with Gasteiger partial charge < -0.3 is 0 Å². The molecule has 0 radical (unpaired) electrons. The first-order valence-electron chi connectivity index (χ1n) is 11.0. The number of benzene rings is 2. The van der Waals surface area contributed by atoms with E-state index in [9.17, 15) is 0 Å². The Morgan fingerprint density at radius 3 is 2.43 bits per heavy atom. The summed E-state index contributed by atoms with van der Waals surface area (Å²) in [6.45, 7) is 17.5. The topological polar surface area (TPSA) is 0 Å². The highest BCUT2D eigenvalue weighted by Crippen LogP contribution is 2.40. The average molecular weight is 393 g/mol. The highest BCUT2D eigenvalue weighted by atomic mass is 14.3. The number of hydrogen-bond acceptors (Lipinski definition) is 0. The van der Waals surface area contributed by atoms with Gasteiger partial charge in [0.05, 0.1) is 0 Å². The first-order chi connectivity index (χ1) is 14.3. The Balaban J connectivity index is 1.56. The van der Waals surface area contributed by atoms with Crippen LogP contribution in [0.15, 0.2) is 78.4 Å². The second-order valence-electron chi connectivity index (χ2n) is 9.07. The van der Waals surface area contributed by atoms with E-state index in [1.807, 2.05) is 0 Å². The molecular weight excluding hydrogens is 360 g/mol. The van der Waals surface area contributed by atoms with Gasteiger partial charge in [0.1, 0.15) is 0 Å². The Hall–Kier alpha value is -2.86. The molecule has 0 saturated carbocycles. The van der Waals surface area contributed by atoms with Crippen LogP contribution in [0.25, 0.3) is 17.2 Å². The quantitative estimate of drug-likeness (QED) is 0.464. The number of aryl methyl sites for hydroxylation is 2. The molecule has 4 rings (SSSR count). The van der Waals surface area contributed by atoms with E-state index in [0.29, 0.717) is 5.92 Å². The van der Waals surface area contributed by atoms with Crippen LogP contribution < -0.4 is 0 Å². The van der Waals surface area contributed by atoms with Crippen molar-refractivity contribution in [2.45, 2.75) is 47.0 Å². The van der Waals surface area contributed by atoms with Gasteiger partial charge in [-0.1, -0.05) is 75.6 Å². The number of hydrogen-bond donors (Lipinski definition) is 0. The Kier molecular flexibility index (Phi) is 5.52. The minimum absolute atomic E-state index is 0.468. The van der Waals surface area contributed by atoms with Crippen LogP contribution in [0.4, 0.5) is 0 Å². The minimum Gasteiger partial charge on any atom is -0.0950 e. The molecule has 2 aliphatic carbocycles. The average Bonchev–Trinajstić information content (AvgIpc) is 3.32. The molecule has 0 fully saturated rings. The maximum Gasteiger partial charge on any atom is -0.00137 e. The molecule has 0 bridgehead atoms. The summed E-state index contributed by atoms with van der Waals surface area (Å²) < 4.78 is 0. The van der Waals surface area contributed by atoms with Crippen LogP contribution in [-0.4, -0.2) is 0 Å². The normalized spacial score (nSPS) is 15.0. The zero-order chi connectivity index (χ0) is 21.4. The maximum absolute atomic E-state index is 4.46. The zero-order valence-corrected chi connectivity index (χ0v) is 18.8. The number of fused-ring (bicyclic) bond motifs is 1. The van der Waals surface area contributed by atoms with Gasteiger partial charge in [-0.25, -0.2) is 0 Å². The van der Waals surface area contributed by atoms with Crippen molar-refractivity contribution in [2.75, 3.05) is 0 Å². The molecule has 2 aromatic carbocycles. The Bertz CT molecular complexity index is 1110. The smallest absolute Gasteiger partial charge is 0.00137 e. The van der Waals surface area contributed by atoms with E-state index in [1.54, 1.807) is 0 Å². The Morgan fingerprint density at radius 1 is 1.00 bits per heavy atom. The van der Waals surface area contributed by atoms with Crippen LogP contribution >= 0.6 is 0 Å². The molecule has 0 nitrogen and oxygen atoms in total. The molecule has 0 aliphatic heterocycles. The number of rotatable bonds is 6. The third kappa shape index (κ3) is 3.79. The van der Waals surface area contributed by atoms with Gasteiger partial charge in [-0.3, -0.25) is 0 Å². The van der Waals surface area contributed by atoms with E-state index < -0.39 is 0 Å². The van der Waals surface area contributed by atoms with Gasteiger partial charge in [-0.15, -0.1) is 0 Å². The van der Waals surface area contributed by atoms with E-state index in [-0.39, 0.29) is 0 Å². The lowest BCUT2D eigenvalue weighted by Gasteiger charge is -2.16. The van der Waals surface area contributed by atoms with Crippen molar-refractivity contribution < 1.29 is 0 Å². The highest BCUT2D eigenvalue weighted by molar-refractivity contribution is 5.78. The first kappa shape index (κ1) is 20.4. The summed E-state index contributed by atoms with van der Waals surface area (Å²) in [4.78, 5) is 0. The van der Waals surface area contributed by atoms with E-state index in [4.69, 9.17) is 0 Å². The second kappa shape index (κ2) is 8.11. The van der Waals surface area contributed by atoms with Crippen molar-refractivity contribution in [1.82, 2.24) is 0 Å². The summed E-state index contributed by atoms with van der Waals surface area (Å²) in [7, 11) is 0. The lowest BCUT2D eigenvalue weighted by molar-refractivity contribution is 0.857. The highest BCUT2D eigenvalue weighted by Gasteiger charge is 2.22. The summed E-state index contributed by atoms with van der Waals surface area (Å²) in [5, 5.41) is 0. The van der Waals surface area contributed by atoms with Gasteiger partial charge in [0.25, 0.3) is 0 Å². The molecular formula is C30H32. The lowest BCUT2D eigenvalue weighted by atomic mass is 9.89.